The third-order valence-corrected chi connectivity index (χ3v) is 3.16. The molecule has 0 saturated heterocycles. The van der Waals surface area contributed by atoms with Crippen molar-refractivity contribution in [3.8, 4) is 11.5 Å². The quantitative estimate of drug-likeness (QED) is 0.553. The van der Waals surface area contributed by atoms with Crippen LogP contribution in [0.5, 0.6) is 11.5 Å². The van der Waals surface area contributed by atoms with Crippen LogP contribution < -0.4 is 20.1 Å². The minimum atomic E-state index is -0.361. The Bertz CT molecular complexity index is 710. The van der Waals surface area contributed by atoms with Gasteiger partial charge in [0.2, 0.25) is 0 Å². The summed E-state index contributed by atoms with van der Waals surface area (Å²) >= 11 is 0. The highest BCUT2D eigenvalue weighted by Gasteiger charge is 2.08. The van der Waals surface area contributed by atoms with Crippen molar-refractivity contribution in [3.05, 3.63) is 54.1 Å². The summed E-state index contributed by atoms with van der Waals surface area (Å²) in [6.45, 7) is 6.38. The maximum absolute atomic E-state index is 12.1. The van der Waals surface area contributed by atoms with Crippen LogP contribution in [0.25, 0.3) is 0 Å². The number of carbonyl (C=O) groups is 1. The van der Waals surface area contributed by atoms with Gasteiger partial charge in [-0.25, -0.2) is 0 Å². The van der Waals surface area contributed by atoms with E-state index in [2.05, 4.69) is 10.6 Å². The number of ether oxygens (including phenoxy) is 2. The van der Waals surface area contributed by atoms with Crippen LogP contribution in [-0.4, -0.2) is 24.6 Å². The molecule has 0 heterocycles. The Balaban J connectivity index is 1.89. The van der Waals surface area contributed by atoms with Crippen molar-refractivity contribution < 1.29 is 14.3 Å². The summed E-state index contributed by atoms with van der Waals surface area (Å²) in [5.74, 6) is 0.998. The molecule has 0 unspecified atom stereocenters. The average molecular weight is 341 g/mol. The molecular weight excluding hydrogens is 318 g/mol. The van der Waals surface area contributed by atoms with Gasteiger partial charge < -0.3 is 14.8 Å². The second-order valence-electron chi connectivity index (χ2n) is 5.60. The lowest BCUT2D eigenvalue weighted by molar-refractivity contribution is 0.0976. The topological polar surface area (TPSA) is 83.4 Å². The molecule has 3 N–H and O–H groups in total. The minimum absolute atomic E-state index is 0.101. The zero-order valence-corrected chi connectivity index (χ0v) is 14.6. The molecule has 0 radical (unpaired) electrons. The minimum Gasteiger partial charge on any atom is -0.494 e. The second-order valence-corrected chi connectivity index (χ2v) is 5.60. The molecule has 25 heavy (non-hydrogen) atoms. The average Bonchev–Trinajstić information content (AvgIpc) is 2.57. The Hall–Kier alpha value is -3.02. The van der Waals surface area contributed by atoms with Crippen LogP contribution in [0.4, 0.5) is 5.69 Å². The Kier molecular flexibility index (Phi) is 6.39. The first kappa shape index (κ1) is 18.3. The number of nitrogens with one attached hydrogen (secondary N) is 3. The Morgan fingerprint density at radius 3 is 2.20 bits per heavy atom. The third-order valence-electron chi connectivity index (χ3n) is 3.16. The first-order chi connectivity index (χ1) is 12.0. The van der Waals surface area contributed by atoms with Gasteiger partial charge in [0.25, 0.3) is 5.91 Å². The van der Waals surface area contributed by atoms with Gasteiger partial charge in [-0.15, -0.1) is 0 Å². The summed E-state index contributed by atoms with van der Waals surface area (Å²) in [7, 11) is 0. The highest BCUT2D eigenvalue weighted by atomic mass is 16.5. The molecule has 0 saturated carbocycles. The highest BCUT2D eigenvalue weighted by molar-refractivity contribution is 6.08. The number of carbonyl (C=O) groups excluding carboxylic acids is 1. The van der Waals surface area contributed by atoms with Crippen molar-refractivity contribution in [3.63, 3.8) is 0 Å². The normalized spacial score (nSPS) is 10.2. The van der Waals surface area contributed by atoms with Crippen LogP contribution in [0.2, 0.25) is 0 Å². The van der Waals surface area contributed by atoms with Crippen LogP contribution in [0.1, 0.15) is 31.1 Å². The standard InChI is InChI=1S/C19H23N3O3/c1-4-24-16-9-5-14(6-10-16)18(23)22-19(20)21-15-7-11-17(12-8-15)25-13(2)3/h5-13H,4H2,1-3H3,(H3,20,21,22,23). The van der Waals surface area contributed by atoms with Gasteiger partial charge in [-0.05, 0) is 69.3 Å². The van der Waals surface area contributed by atoms with Gasteiger partial charge in [-0.2, -0.15) is 0 Å². The van der Waals surface area contributed by atoms with Gasteiger partial charge in [0.05, 0.1) is 12.7 Å². The molecule has 0 aliphatic carbocycles. The van der Waals surface area contributed by atoms with Crippen molar-refractivity contribution in [2.24, 2.45) is 0 Å². The van der Waals surface area contributed by atoms with E-state index >= 15 is 0 Å². The number of amides is 1. The van der Waals surface area contributed by atoms with Gasteiger partial charge in [0.15, 0.2) is 5.96 Å². The van der Waals surface area contributed by atoms with E-state index in [0.717, 1.165) is 5.75 Å². The summed E-state index contributed by atoms with van der Waals surface area (Å²) in [5.41, 5.74) is 1.14. The monoisotopic (exact) mass is 341 g/mol. The molecule has 0 atom stereocenters. The van der Waals surface area contributed by atoms with Gasteiger partial charge >= 0.3 is 0 Å². The van der Waals surface area contributed by atoms with E-state index in [1.54, 1.807) is 36.4 Å². The smallest absolute Gasteiger partial charge is 0.257 e. The summed E-state index contributed by atoms with van der Waals surface area (Å²) in [5, 5.41) is 13.2. The molecule has 1 amide bonds. The molecule has 2 aromatic carbocycles. The van der Waals surface area contributed by atoms with Crippen LogP contribution in [0.3, 0.4) is 0 Å². The number of rotatable bonds is 6. The molecule has 0 aliphatic rings. The van der Waals surface area contributed by atoms with E-state index in [9.17, 15) is 4.79 Å². The maximum Gasteiger partial charge on any atom is 0.257 e. The molecule has 0 fully saturated rings. The number of guanidine groups is 1. The number of hydrogen-bond donors (Lipinski definition) is 3. The Morgan fingerprint density at radius 1 is 1.04 bits per heavy atom. The van der Waals surface area contributed by atoms with Crippen molar-refractivity contribution in [1.82, 2.24) is 5.32 Å². The largest absolute Gasteiger partial charge is 0.494 e. The number of hydrogen-bond acceptors (Lipinski definition) is 4. The first-order valence-electron chi connectivity index (χ1n) is 8.14. The molecule has 6 nitrogen and oxygen atoms in total. The van der Waals surface area contributed by atoms with Gasteiger partial charge in [0, 0.05) is 11.3 Å². The zero-order chi connectivity index (χ0) is 18.2. The van der Waals surface area contributed by atoms with Gasteiger partial charge in [0.1, 0.15) is 11.5 Å². The van der Waals surface area contributed by atoms with Crippen molar-refractivity contribution >= 4 is 17.6 Å². The summed E-state index contributed by atoms with van der Waals surface area (Å²) in [6.07, 6.45) is 0.102. The molecular formula is C19H23N3O3. The predicted octanol–water partition coefficient (Wildman–Crippen LogP) is 3.65. The molecule has 2 aromatic rings. The van der Waals surface area contributed by atoms with E-state index < -0.39 is 0 Å². The fraction of sp³-hybridized carbons (Fsp3) is 0.263. The Morgan fingerprint density at radius 2 is 1.64 bits per heavy atom. The van der Waals surface area contributed by atoms with Crippen LogP contribution in [-0.2, 0) is 0 Å². The van der Waals surface area contributed by atoms with Crippen molar-refractivity contribution in [2.45, 2.75) is 26.9 Å². The van der Waals surface area contributed by atoms with Crippen molar-refractivity contribution in [2.75, 3.05) is 11.9 Å². The van der Waals surface area contributed by atoms with Gasteiger partial charge in [-0.3, -0.25) is 15.5 Å². The fourth-order valence-electron chi connectivity index (χ4n) is 2.12. The highest BCUT2D eigenvalue weighted by Crippen LogP contribution is 2.17. The van der Waals surface area contributed by atoms with E-state index in [1.807, 2.05) is 32.9 Å². The molecule has 132 valence electrons. The summed E-state index contributed by atoms with van der Waals surface area (Å²) in [4.78, 5) is 12.1. The number of anilines is 1. The van der Waals surface area contributed by atoms with Gasteiger partial charge in [-0.1, -0.05) is 0 Å². The summed E-state index contributed by atoms with van der Waals surface area (Å²) < 4.78 is 10.9. The lowest BCUT2D eigenvalue weighted by atomic mass is 10.2. The second kappa shape index (κ2) is 8.73. The predicted molar refractivity (Wildman–Crippen MR) is 98.6 cm³/mol. The number of benzene rings is 2. The van der Waals surface area contributed by atoms with E-state index in [4.69, 9.17) is 14.9 Å². The summed E-state index contributed by atoms with van der Waals surface area (Å²) in [6, 6.07) is 14.0. The van der Waals surface area contributed by atoms with Crippen LogP contribution >= 0.6 is 0 Å². The fourth-order valence-corrected chi connectivity index (χ4v) is 2.12. The van der Waals surface area contributed by atoms with E-state index in [1.165, 1.54) is 0 Å². The lowest BCUT2D eigenvalue weighted by Crippen LogP contribution is -2.35. The van der Waals surface area contributed by atoms with E-state index in [0.29, 0.717) is 23.6 Å². The Labute approximate surface area is 147 Å². The lowest BCUT2D eigenvalue weighted by Gasteiger charge is -2.12. The molecule has 0 spiro atoms. The third kappa shape index (κ3) is 5.84. The first-order valence-corrected chi connectivity index (χ1v) is 8.14. The zero-order valence-electron chi connectivity index (χ0n) is 14.6. The molecule has 6 heteroatoms. The van der Waals surface area contributed by atoms with Crippen LogP contribution in [0.15, 0.2) is 48.5 Å². The molecule has 2 rings (SSSR count). The molecule has 0 aliphatic heterocycles. The van der Waals surface area contributed by atoms with Crippen LogP contribution in [0, 0.1) is 5.41 Å². The van der Waals surface area contributed by atoms with E-state index in [-0.39, 0.29) is 18.0 Å². The van der Waals surface area contributed by atoms with Crippen molar-refractivity contribution in [1.29, 1.82) is 5.41 Å². The molecule has 0 bridgehead atoms. The SMILES string of the molecule is CCOc1ccc(C(=O)NC(=N)Nc2ccc(OC(C)C)cc2)cc1. The maximum atomic E-state index is 12.1. The molecule has 0 aromatic heterocycles.